The van der Waals surface area contributed by atoms with Gasteiger partial charge in [0.2, 0.25) is 5.91 Å². The van der Waals surface area contributed by atoms with Gasteiger partial charge >= 0.3 is 0 Å². The number of aliphatic hydroxyl groups is 2. The van der Waals surface area contributed by atoms with E-state index in [2.05, 4.69) is 15.3 Å². The highest BCUT2D eigenvalue weighted by molar-refractivity contribution is 5.72. The molecule has 96 valence electrons. The van der Waals surface area contributed by atoms with Crippen molar-refractivity contribution in [1.29, 1.82) is 0 Å². The molecule has 2 atom stereocenters. The predicted molar refractivity (Wildman–Crippen MR) is 62.4 cm³/mol. The van der Waals surface area contributed by atoms with Gasteiger partial charge in [0, 0.05) is 25.6 Å². The van der Waals surface area contributed by atoms with Crippen LogP contribution in [0.4, 0.5) is 0 Å². The Morgan fingerprint density at radius 3 is 2.65 bits per heavy atom. The molecule has 6 heteroatoms. The van der Waals surface area contributed by atoms with Crippen LogP contribution in [0.5, 0.6) is 0 Å². The summed E-state index contributed by atoms with van der Waals surface area (Å²) >= 11 is 0. The molecule has 0 fully saturated rings. The highest BCUT2D eigenvalue weighted by atomic mass is 16.3. The Labute approximate surface area is 100 Å². The lowest BCUT2D eigenvalue weighted by Crippen LogP contribution is -2.34. The Morgan fingerprint density at radius 2 is 2.18 bits per heavy atom. The summed E-state index contributed by atoms with van der Waals surface area (Å²) in [5.74, 6) is 0.521. The Bertz CT molecular complexity index is 389. The summed E-state index contributed by atoms with van der Waals surface area (Å²) in [6.07, 6.45) is -1.43. The fourth-order valence-corrected chi connectivity index (χ4v) is 1.54. The normalized spacial score (nSPS) is 14.4. The molecular formula is C11H19N3O3. The number of hydrogen-bond acceptors (Lipinski definition) is 4. The largest absolute Gasteiger partial charge is 0.388 e. The molecule has 6 nitrogen and oxygen atoms in total. The number of nitrogens with one attached hydrogen (secondary N) is 2. The van der Waals surface area contributed by atoms with E-state index in [0.717, 1.165) is 17.9 Å². The molecule has 1 rings (SSSR count). The van der Waals surface area contributed by atoms with Crippen molar-refractivity contribution in [3.63, 3.8) is 0 Å². The molecule has 0 saturated heterocycles. The Balaban J connectivity index is 2.70. The number of aryl methyl sites for hydroxylation is 2. The van der Waals surface area contributed by atoms with E-state index in [0.29, 0.717) is 5.69 Å². The van der Waals surface area contributed by atoms with Crippen molar-refractivity contribution in [1.82, 2.24) is 15.3 Å². The van der Waals surface area contributed by atoms with Gasteiger partial charge in [0.25, 0.3) is 0 Å². The van der Waals surface area contributed by atoms with E-state index in [1.54, 1.807) is 6.92 Å². The summed E-state index contributed by atoms with van der Waals surface area (Å²) in [7, 11) is 0. The number of nitrogens with zero attached hydrogens (tertiary/aromatic N) is 1. The average molecular weight is 241 g/mol. The third-order valence-corrected chi connectivity index (χ3v) is 2.51. The molecule has 2 unspecified atom stereocenters. The van der Waals surface area contributed by atoms with Gasteiger partial charge in [-0.1, -0.05) is 6.92 Å². The Kier molecular flexibility index (Phi) is 4.65. The lowest BCUT2D eigenvalue weighted by molar-refractivity contribution is -0.119. The van der Waals surface area contributed by atoms with Gasteiger partial charge in [-0.15, -0.1) is 0 Å². The minimum atomic E-state index is -1.10. The van der Waals surface area contributed by atoms with E-state index in [1.165, 1.54) is 6.92 Å². The first kappa shape index (κ1) is 13.7. The predicted octanol–water partition coefficient (Wildman–Crippen LogP) is -0.189. The molecule has 0 aromatic carbocycles. The topological polar surface area (TPSA) is 98.2 Å². The van der Waals surface area contributed by atoms with Gasteiger partial charge in [-0.3, -0.25) is 4.79 Å². The van der Waals surface area contributed by atoms with Gasteiger partial charge in [-0.2, -0.15) is 0 Å². The van der Waals surface area contributed by atoms with Gasteiger partial charge in [0.1, 0.15) is 18.0 Å². The SMILES string of the molecule is CCc1nc(C(O)C(O)CNC(C)=O)c(C)[nH]1. The van der Waals surface area contributed by atoms with Crippen LogP contribution in [0.15, 0.2) is 0 Å². The van der Waals surface area contributed by atoms with Crippen LogP contribution in [-0.4, -0.2) is 38.7 Å². The number of hydrogen-bond donors (Lipinski definition) is 4. The van der Waals surface area contributed by atoms with Gasteiger partial charge in [-0.25, -0.2) is 4.98 Å². The fourth-order valence-electron chi connectivity index (χ4n) is 1.54. The van der Waals surface area contributed by atoms with Gasteiger partial charge < -0.3 is 20.5 Å². The lowest BCUT2D eigenvalue weighted by Gasteiger charge is -2.16. The highest BCUT2D eigenvalue weighted by Crippen LogP contribution is 2.18. The third-order valence-electron chi connectivity index (χ3n) is 2.51. The third kappa shape index (κ3) is 3.54. The van der Waals surface area contributed by atoms with Crippen LogP contribution in [-0.2, 0) is 11.2 Å². The molecule has 0 saturated carbocycles. The van der Waals surface area contributed by atoms with E-state index in [-0.39, 0.29) is 12.5 Å². The highest BCUT2D eigenvalue weighted by Gasteiger charge is 2.23. The quantitative estimate of drug-likeness (QED) is 0.574. The van der Waals surface area contributed by atoms with Crippen molar-refractivity contribution in [3.8, 4) is 0 Å². The zero-order chi connectivity index (χ0) is 13.0. The second kappa shape index (κ2) is 5.79. The van der Waals surface area contributed by atoms with Gasteiger partial charge in [0.05, 0.1) is 5.69 Å². The summed E-state index contributed by atoms with van der Waals surface area (Å²) in [6, 6.07) is 0. The number of amides is 1. The molecule has 1 amide bonds. The van der Waals surface area contributed by atoms with Crippen molar-refractivity contribution in [3.05, 3.63) is 17.2 Å². The van der Waals surface area contributed by atoms with E-state index in [4.69, 9.17) is 0 Å². The molecule has 4 N–H and O–H groups in total. The number of carbonyl (C=O) groups excluding carboxylic acids is 1. The smallest absolute Gasteiger partial charge is 0.216 e. The molecule has 0 aliphatic rings. The molecule has 0 bridgehead atoms. The summed E-state index contributed by atoms with van der Waals surface area (Å²) in [4.78, 5) is 17.9. The van der Waals surface area contributed by atoms with Crippen LogP contribution < -0.4 is 5.32 Å². The van der Waals surface area contributed by atoms with E-state index in [1.807, 2.05) is 6.92 Å². The standard InChI is InChI=1S/C11H19N3O3/c1-4-9-13-6(2)10(14-9)11(17)8(16)5-12-7(3)15/h8,11,16-17H,4-5H2,1-3H3,(H,12,15)(H,13,14). The van der Waals surface area contributed by atoms with Crippen LogP contribution in [0.25, 0.3) is 0 Å². The first-order chi connectivity index (χ1) is 7.95. The molecule has 0 aliphatic carbocycles. The molecule has 1 heterocycles. The molecule has 0 spiro atoms. The van der Waals surface area contributed by atoms with Crippen LogP contribution >= 0.6 is 0 Å². The number of aromatic nitrogens is 2. The van der Waals surface area contributed by atoms with Crippen molar-refractivity contribution in [2.24, 2.45) is 0 Å². The number of rotatable bonds is 5. The first-order valence-corrected chi connectivity index (χ1v) is 5.61. The van der Waals surface area contributed by atoms with Crippen LogP contribution in [0, 0.1) is 6.92 Å². The van der Waals surface area contributed by atoms with Gasteiger partial charge in [0.15, 0.2) is 0 Å². The Morgan fingerprint density at radius 1 is 1.53 bits per heavy atom. The van der Waals surface area contributed by atoms with Gasteiger partial charge in [-0.05, 0) is 6.92 Å². The van der Waals surface area contributed by atoms with Crippen molar-refractivity contribution >= 4 is 5.91 Å². The van der Waals surface area contributed by atoms with E-state index < -0.39 is 12.2 Å². The van der Waals surface area contributed by atoms with Crippen LogP contribution in [0.2, 0.25) is 0 Å². The molecule has 1 aromatic heterocycles. The molecule has 17 heavy (non-hydrogen) atoms. The number of H-pyrrole nitrogens is 1. The number of imidazole rings is 1. The van der Waals surface area contributed by atoms with Crippen LogP contribution in [0.3, 0.4) is 0 Å². The molecule has 0 radical (unpaired) electrons. The summed E-state index contributed by atoms with van der Waals surface area (Å²) in [6.45, 7) is 5.09. The average Bonchev–Trinajstić information content (AvgIpc) is 2.66. The maximum absolute atomic E-state index is 10.7. The second-order valence-electron chi connectivity index (χ2n) is 4.00. The minimum absolute atomic E-state index is 0.00422. The monoisotopic (exact) mass is 241 g/mol. The number of carbonyl (C=O) groups is 1. The molecule has 0 aliphatic heterocycles. The zero-order valence-electron chi connectivity index (χ0n) is 10.3. The Hall–Kier alpha value is -1.40. The van der Waals surface area contributed by atoms with E-state index in [9.17, 15) is 15.0 Å². The van der Waals surface area contributed by atoms with Crippen molar-refractivity contribution < 1.29 is 15.0 Å². The first-order valence-electron chi connectivity index (χ1n) is 5.61. The summed E-state index contributed by atoms with van der Waals surface area (Å²) in [5, 5.41) is 22.1. The van der Waals surface area contributed by atoms with E-state index >= 15 is 0 Å². The fraction of sp³-hybridized carbons (Fsp3) is 0.636. The second-order valence-corrected chi connectivity index (χ2v) is 4.00. The number of aliphatic hydroxyl groups excluding tert-OH is 2. The summed E-state index contributed by atoms with van der Waals surface area (Å²) < 4.78 is 0. The summed E-state index contributed by atoms with van der Waals surface area (Å²) in [5.41, 5.74) is 1.16. The van der Waals surface area contributed by atoms with Crippen LogP contribution in [0.1, 0.15) is 37.2 Å². The molecular weight excluding hydrogens is 222 g/mol. The van der Waals surface area contributed by atoms with Crippen molar-refractivity contribution in [2.75, 3.05) is 6.54 Å². The lowest BCUT2D eigenvalue weighted by atomic mass is 10.1. The number of aromatic amines is 1. The molecule has 1 aromatic rings. The minimum Gasteiger partial charge on any atom is -0.388 e. The maximum Gasteiger partial charge on any atom is 0.216 e. The van der Waals surface area contributed by atoms with Crippen molar-refractivity contribution in [2.45, 2.75) is 39.4 Å². The maximum atomic E-state index is 10.7. The zero-order valence-corrected chi connectivity index (χ0v) is 10.3.